The molecule has 0 fully saturated rings. The van der Waals surface area contributed by atoms with Gasteiger partial charge in [-0.05, 0) is 42.5 Å². The number of hydrogen-bond acceptors (Lipinski definition) is 4. The fraction of sp³-hybridized carbons (Fsp3) is 0.0870. The molecule has 0 aliphatic carbocycles. The lowest BCUT2D eigenvalue weighted by Gasteiger charge is -2.20. The molecule has 0 bridgehead atoms. The molecule has 0 spiro atoms. The van der Waals surface area contributed by atoms with Crippen LogP contribution in [0.25, 0.3) is 6.08 Å². The molecule has 6 nitrogen and oxygen atoms in total. The van der Waals surface area contributed by atoms with Gasteiger partial charge in [0.15, 0.2) is 0 Å². The van der Waals surface area contributed by atoms with Gasteiger partial charge in [-0.1, -0.05) is 42.5 Å². The normalized spacial score (nSPS) is 12.9. The van der Waals surface area contributed by atoms with Crippen molar-refractivity contribution >= 4 is 33.4 Å². The van der Waals surface area contributed by atoms with Gasteiger partial charge in [-0.15, -0.1) is 0 Å². The molecule has 1 amide bonds. The molecule has 4 rings (SSSR count). The van der Waals surface area contributed by atoms with E-state index in [-0.39, 0.29) is 17.4 Å². The number of fused-ring (bicyclic) bond motifs is 1. The number of nitrogens with zero attached hydrogens (tertiary/aromatic N) is 1. The van der Waals surface area contributed by atoms with Gasteiger partial charge in [0.1, 0.15) is 12.4 Å². The molecule has 1 aliphatic heterocycles. The van der Waals surface area contributed by atoms with Crippen LogP contribution in [0.15, 0.2) is 89.3 Å². The quantitative estimate of drug-likeness (QED) is 0.679. The Hall–Kier alpha value is -3.58. The largest absolute Gasteiger partial charge is 0.488 e. The first-order chi connectivity index (χ1) is 14.4. The van der Waals surface area contributed by atoms with E-state index in [2.05, 4.69) is 5.32 Å². The van der Waals surface area contributed by atoms with Crippen LogP contribution in [0.5, 0.6) is 5.75 Å². The molecule has 3 aromatic rings. The lowest BCUT2D eigenvalue weighted by Crippen LogP contribution is -2.26. The van der Waals surface area contributed by atoms with Crippen molar-refractivity contribution in [3.63, 3.8) is 0 Å². The zero-order chi connectivity index (χ0) is 21.1. The lowest BCUT2D eigenvalue weighted by molar-refractivity contribution is -0.113. The highest BCUT2D eigenvalue weighted by Gasteiger charge is 2.22. The van der Waals surface area contributed by atoms with Gasteiger partial charge in [-0.2, -0.15) is 0 Å². The lowest BCUT2D eigenvalue weighted by atomic mass is 10.1. The summed E-state index contributed by atoms with van der Waals surface area (Å²) in [4.78, 5) is 12.8. The Balaban J connectivity index is 1.55. The number of amides is 1. The molecular formula is C23H20N2O4S. The first-order valence-corrected chi connectivity index (χ1v) is 10.8. The molecule has 7 heteroatoms. The maximum absolute atomic E-state index is 13.0. The maximum atomic E-state index is 13.0. The van der Waals surface area contributed by atoms with Crippen molar-refractivity contribution in [2.24, 2.45) is 0 Å². The van der Waals surface area contributed by atoms with Gasteiger partial charge in [0, 0.05) is 18.3 Å². The zero-order valence-electron chi connectivity index (χ0n) is 16.3. The molecule has 1 heterocycles. The van der Waals surface area contributed by atoms with E-state index in [1.807, 2.05) is 30.3 Å². The number of anilines is 2. The SMILES string of the molecule is CN(c1ccccc1)S(=O)(=O)c1cccc(NC(=O)C2=Cc3ccccc3OC2)c1. The molecule has 0 unspecified atom stereocenters. The van der Waals surface area contributed by atoms with Crippen LogP contribution in [0.1, 0.15) is 5.56 Å². The summed E-state index contributed by atoms with van der Waals surface area (Å²) >= 11 is 0. The maximum Gasteiger partial charge on any atom is 0.264 e. The summed E-state index contributed by atoms with van der Waals surface area (Å²) in [7, 11) is -2.27. The average molecular weight is 420 g/mol. The molecule has 0 saturated heterocycles. The predicted octanol–water partition coefficient (Wildman–Crippen LogP) is 3.93. The van der Waals surface area contributed by atoms with Gasteiger partial charge >= 0.3 is 0 Å². The van der Waals surface area contributed by atoms with Crippen LogP contribution in [0.3, 0.4) is 0 Å². The Kier molecular flexibility index (Phi) is 5.29. The molecular weight excluding hydrogens is 400 g/mol. The Bertz CT molecular complexity index is 1220. The van der Waals surface area contributed by atoms with Gasteiger partial charge in [0.25, 0.3) is 15.9 Å². The Morgan fingerprint density at radius 2 is 1.70 bits per heavy atom. The Morgan fingerprint density at radius 3 is 2.50 bits per heavy atom. The van der Waals surface area contributed by atoms with E-state index in [0.717, 1.165) is 11.3 Å². The predicted molar refractivity (Wildman–Crippen MR) is 117 cm³/mol. The summed E-state index contributed by atoms with van der Waals surface area (Å²) < 4.78 is 32.8. The van der Waals surface area contributed by atoms with Gasteiger partial charge < -0.3 is 10.1 Å². The molecule has 30 heavy (non-hydrogen) atoms. The number of ether oxygens (including phenoxy) is 1. The van der Waals surface area contributed by atoms with Crippen LogP contribution in [0, 0.1) is 0 Å². The Labute approximate surface area is 175 Å². The number of nitrogens with one attached hydrogen (secondary N) is 1. The standard InChI is InChI=1S/C23H20N2O4S/c1-25(20-10-3-2-4-11-20)30(27,28)21-12-7-9-19(15-21)24-23(26)18-14-17-8-5-6-13-22(17)29-16-18/h2-15H,16H2,1H3,(H,24,26). The molecule has 152 valence electrons. The van der Waals surface area contributed by atoms with E-state index >= 15 is 0 Å². The molecule has 1 N–H and O–H groups in total. The minimum atomic E-state index is -3.77. The van der Waals surface area contributed by atoms with E-state index in [1.54, 1.807) is 42.5 Å². The van der Waals surface area contributed by atoms with Gasteiger partial charge in [-0.3, -0.25) is 9.10 Å². The number of rotatable bonds is 5. The van der Waals surface area contributed by atoms with Gasteiger partial charge in [0.05, 0.1) is 16.2 Å². The molecule has 0 saturated carbocycles. The van der Waals surface area contributed by atoms with Gasteiger partial charge in [-0.25, -0.2) is 8.42 Å². The highest BCUT2D eigenvalue weighted by Crippen LogP contribution is 2.27. The number of hydrogen-bond donors (Lipinski definition) is 1. The first-order valence-electron chi connectivity index (χ1n) is 9.33. The van der Waals surface area contributed by atoms with Gasteiger partial charge in [0.2, 0.25) is 0 Å². The third-order valence-corrected chi connectivity index (χ3v) is 6.58. The summed E-state index contributed by atoms with van der Waals surface area (Å²) in [5.74, 6) is 0.390. The summed E-state index contributed by atoms with van der Waals surface area (Å²) in [6, 6.07) is 22.5. The van der Waals surface area contributed by atoms with E-state index in [0.29, 0.717) is 16.9 Å². The summed E-state index contributed by atoms with van der Waals surface area (Å²) in [5, 5.41) is 2.76. The number of carbonyl (C=O) groups excluding carboxylic acids is 1. The van der Waals surface area contributed by atoms with Crippen molar-refractivity contribution in [3.05, 3.63) is 90.0 Å². The number of para-hydroxylation sites is 2. The van der Waals surface area contributed by atoms with Crippen LogP contribution in [0.2, 0.25) is 0 Å². The second-order valence-corrected chi connectivity index (χ2v) is 8.76. The third-order valence-electron chi connectivity index (χ3n) is 4.79. The van der Waals surface area contributed by atoms with Crippen molar-refractivity contribution in [3.8, 4) is 5.75 Å². The van der Waals surface area contributed by atoms with Crippen LogP contribution in [-0.4, -0.2) is 28.0 Å². The fourth-order valence-electron chi connectivity index (χ4n) is 3.13. The van der Waals surface area contributed by atoms with E-state index in [1.165, 1.54) is 23.5 Å². The van der Waals surface area contributed by atoms with Crippen LogP contribution in [-0.2, 0) is 14.8 Å². The summed E-state index contributed by atoms with van der Waals surface area (Å²) in [6.45, 7) is 0.150. The number of benzene rings is 3. The van der Waals surface area contributed by atoms with Crippen molar-refractivity contribution in [1.29, 1.82) is 0 Å². The number of carbonyl (C=O) groups is 1. The van der Waals surface area contributed by atoms with Crippen molar-refractivity contribution in [2.75, 3.05) is 23.3 Å². The average Bonchev–Trinajstić information content (AvgIpc) is 2.79. The zero-order valence-corrected chi connectivity index (χ0v) is 17.1. The molecule has 1 aliphatic rings. The molecule has 0 atom stereocenters. The van der Waals surface area contributed by atoms with E-state index in [9.17, 15) is 13.2 Å². The topological polar surface area (TPSA) is 75.7 Å². The van der Waals surface area contributed by atoms with E-state index < -0.39 is 10.0 Å². The minimum absolute atomic E-state index is 0.0888. The summed E-state index contributed by atoms with van der Waals surface area (Å²) in [6.07, 6.45) is 1.78. The summed E-state index contributed by atoms with van der Waals surface area (Å²) in [5.41, 5.74) is 2.23. The van der Waals surface area contributed by atoms with Crippen molar-refractivity contribution in [2.45, 2.75) is 4.90 Å². The minimum Gasteiger partial charge on any atom is -0.488 e. The third kappa shape index (κ3) is 3.92. The second kappa shape index (κ2) is 8.04. The molecule has 0 aromatic heterocycles. The smallest absolute Gasteiger partial charge is 0.264 e. The first kappa shape index (κ1) is 19.7. The molecule has 3 aromatic carbocycles. The van der Waals surface area contributed by atoms with Crippen molar-refractivity contribution < 1.29 is 17.9 Å². The van der Waals surface area contributed by atoms with Crippen LogP contribution < -0.4 is 14.4 Å². The highest BCUT2D eigenvalue weighted by atomic mass is 32.2. The second-order valence-electron chi connectivity index (χ2n) is 6.79. The Morgan fingerprint density at radius 1 is 0.967 bits per heavy atom. The highest BCUT2D eigenvalue weighted by molar-refractivity contribution is 7.92. The monoisotopic (exact) mass is 420 g/mol. The number of sulfonamides is 1. The van der Waals surface area contributed by atoms with Crippen LogP contribution in [0.4, 0.5) is 11.4 Å². The van der Waals surface area contributed by atoms with Crippen LogP contribution >= 0.6 is 0 Å². The molecule has 0 radical (unpaired) electrons. The van der Waals surface area contributed by atoms with E-state index in [4.69, 9.17) is 4.74 Å². The fourth-order valence-corrected chi connectivity index (χ4v) is 4.37. The van der Waals surface area contributed by atoms with Crippen molar-refractivity contribution in [1.82, 2.24) is 0 Å².